The third-order valence-corrected chi connectivity index (χ3v) is 3.82. The van der Waals surface area contributed by atoms with Crippen molar-refractivity contribution in [3.63, 3.8) is 0 Å². The molecule has 1 aliphatic carbocycles. The molecule has 4 N–H and O–H groups in total. The predicted molar refractivity (Wildman–Crippen MR) is 73.2 cm³/mol. The first kappa shape index (κ1) is 15.4. The summed E-state index contributed by atoms with van der Waals surface area (Å²) in [7, 11) is 0. The smallest absolute Gasteiger partial charge is 0.221 e. The molecule has 1 atom stereocenters. The Morgan fingerprint density at radius 1 is 1.39 bits per heavy atom. The summed E-state index contributed by atoms with van der Waals surface area (Å²) in [6.07, 6.45) is 7.33. The highest BCUT2D eigenvalue weighted by Gasteiger charge is 2.30. The number of nitrogens with two attached hydrogens (primary N) is 1. The molecule has 0 saturated heterocycles. The van der Waals surface area contributed by atoms with Gasteiger partial charge in [0.25, 0.3) is 0 Å². The van der Waals surface area contributed by atoms with Gasteiger partial charge in [0.05, 0.1) is 5.60 Å². The van der Waals surface area contributed by atoms with Crippen LogP contribution in [0.1, 0.15) is 65.2 Å². The fourth-order valence-corrected chi connectivity index (χ4v) is 2.73. The summed E-state index contributed by atoms with van der Waals surface area (Å²) in [6, 6.07) is 0. The highest BCUT2D eigenvalue weighted by atomic mass is 16.3. The molecule has 1 unspecified atom stereocenters. The third kappa shape index (κ3) is 5.36. The number of amides is 1. The lowest BCUT2D eigenvalue weighted by Gasteiger charge is -2.33. The molecule has 0 aromatic rings. The van der Waals surface area contributed by atoms with Crippen molar-refractivity contribution < 1.29 is 9.90 Å². The Hall–Kier alpha value is -0.610. The Kier molecular flexibility index (Phi) is 5.60. The van der Waals surface area contributed by atoms with Crippen molar-refractivity contribution in [3.05, 3.63) is 0 Å². The molecule has 4 heteroatoms. The Bertz CT molecular complexity index is 271. The maximum absolute atomic E-state index is 11.9. The lowest BCUT2D eigenvalue weighted by Crippen LogP contribution is -2.48. The zero-order chi connectivity index (χ0) is 13.6. The number of carbonyl (C=O) groups is 1. The van der Waals surface area contributed by atoms with Gasteiger partial charge in [-0.3, -0.25) is 4.79 Å². The zero-order valence-electron chi connectivity index (χ0n) is 11.8. The van der Waals surface area contributed by atoms with E-state index >= 15 is 0 Å². The molecule has 1 saturated carbocycles. The first-order valence-electron chi connectivity index (χ1n) is 7.15. The van der Waals surface area contributed by atoms with Crippen LogP contribution in [0.2, 0.25) is 0 Å². The van der Waals surface area contributed by atoms with Crippen LogP contribution >= 0.6 is 0 Å². The summed E-state index contributed by atoms with van der Waals surface area (Å²) in [5.74, 6) is -0.0317. The van der Waals surface area contributed by atoms with Crippen molar-refractivity contribution in [2.45, 2.75) is 76.4 Å². The van der Waals surface area contributed by atoms with Crippen LogP contribution < -0.4 is 11.1 Å². The second-order valence-corrected chi connectivity index (χ2v) is 6.12. The van der Waals surface area contributed by atoms with Crippen molar-refractivity contribution in [2.75, 3.05) is 6.54 Å². The number of hydrogen-bond acceptors (Lipinski definition) is 3. The number of hydrogen-bond donors (Lipinski definition) is 3. The molecule has 0 aromatic carbocycles. The molecule has 0 heterocycles. The van der Waals surface area contributed by atoms with E-state index in [1.807, 2.05) is 6.92 Å². The van der Waals surface area contributed by atoms with E-state index in [1.54, 1.807) is 6.92 Å². The number of nitrogens with one attached hydrogen (secondary N) is 1. The second kappa shape index (κ2) is 6.53. The maximum Gasteiger partial charge on any atom is 0.221 e. The van der Waals surface area contributed by atoms with Gasteiger partial charge in [-0.05, 0) is 26.2 Å². The van der Waals surface area contributed by atoms with E-state index in [2.05, 4.69) is 5.32 Å². The molecule has 1 amide bonds. The van der Waals surface area contributed by atoms with Gasteiger partial charge < -0.3 is 16.2 Å². The van der Waals surface area contributed by atoms with Crippen LogP contribution in [0.5, 0.6) is 0 Å². The molecule has 0 bridgehead atoms. The molecule has 1 fully saturated rings. The third-order valence-electron chi connectivity index (χ3n) is 3.82. The Morgan fingerprint density at radius 2 is 2.00 bits per heavy atom. The van der Waals surface area contributed by atoms with E-state index in [9.17, 15) is 9.90 Å². The maximum atomic E-state index is 11.9. The van der Waals surface area contributed by atoms with Crippen molar-refractivity contribution in [1.29, 1.82) is 0 Å². The number of rotatable bonds is 6. The predicted octanol–water partition coefficient (Wildman–Crippen LogP) is 1.71. The van der Waals surface area contributed by atoms with E-state index in [0.29, 0.717) is 19.4 Å². The van der Waals surface area contributed by atoms with Crippen LogP contribution in [-0.2, 0) is 4.79 Å². The second-order valence-electron chi connectivity index (χ2n) is 6.12. The van der Waals surface area contributed by atoms with Gasteiger partial charge in [-0.25, -0.2) is 0 Å². The van der Waals surface area contributed by atoms with Crippen LogP contribution in [-0.4, -0.2) is 28.7 Å². The number of aliphatic hydroxyl groups is 1. The minimum Gasteiger partial charge on any atom is -0.388 e. The highest BCUT2D eigenvalue weighted by molar-refractivity contribution is 5.77. The van der Waals surface area contributed by atoms with Crippen LogP contribution in [0.25, 0.3) is 0 Å². The van der Waals surface area contributed by atoms with Crippen LogP contribution in [0.3, 0.4) is 0 Å². The lowest BCUT2D eigenvalue weighted by molar-refractivity contribution is -0.123. The van der Waals surface area contributed by atoms with Gasteiger partial charge in [0.15, 0.2) is 0 Å². The quantitative estimate of drug-likeness (QED) is 0.677. The minimum absolute atomic E-state index is 0.0317. The molecule has 4 nitrogen and oxygen atoms in total. The Labute approximate surface area is 110 Å². The molecule has 0 aromatic heterocycles. The summed E-state index contributed by atoms with van der Waals surface area (Å²) in [6.45, 7) is 4.10. The average molecular weight is 256 g/mol. The first-order chi connectivity index (χ1) is 8.37. The van der Waals surface area contributed by atoms with Crippen LogP contribution in [0, 0.1) is 0 Å². The summed E-state index contributed by atoms with van der Waals surface area (Å²) in [5.41, 5.74) is 5.11. The topological polar surface area (TPSA) is 75.3 Å². The van der Waals surface area contributed by atoms with E-state index < -0.39 is 5.60 Å². The van der Waals surface area contributed by atoms with Gasteiger partial charge >= 0.3 is 0 Å². The minimum atomic E-state index is -0.807. The van der Waals surface area contributed by atoms with Gasteiger partial charge in [-0.1, -0.05) is 32.6 Å². The summed E-state index contributed by atoms with van der Waals surface area (Å²) < 4.78 is 0. The monoisotopic (exact) mass is 256 g/mol. The van der Waals surface area contributed by atoms with E-state index in [1.165, 1.54) is 6.42 Å². The standard InChI is InChI=1S/C14H28N2O2/c1-3-7-13(2,18)11-16-12(17)10-14(15)8-5-4-6-9-14/h18H,3-11,15H2,1-2H3,(H,16,17). The van der Waals surface area contributed by atoms with Gasteiger partial charge in [0, 0.05) is 18.5 Å². The zero-order valence-corrected chi connectivity index (χ0v) is 11.8. The average Bonchev–Trinajstić information content (AvgIpc) is 2.27. The Balaban J connectivity index is 2.32. The molecular formula is C14H28N2O2. The van der Waals surface area contributed by atoms with Crippen molar-refractivity contribution in [3.8, 4) is 0 Å². The SMILES string of the molecule is CCCC(C)(O)CNC(=O)CC1(N)CCCCC1. The van der Waals surface area contributed by atoms with Crippen LogP contribution in [0.15, 0.2) is 0 Å². The molecule has 0 radical (unpaired) electrons. The lowest BCUT2D eigenvalue weighted by atomic mass is 9.80. The van der Waals surface area contributed by atoms with Crippen molar-refractivity contribution >= 4 is 5.91 Å². The van der Waals surface area contributed by atoms with Gasteiger partial charge in [0.1, 0.15) is 0 Å². The number of carbonyl (C=O) groups excluding carboxylic acids is 1. The summed E-state index contributed by atoms with van der Waals surface area (Å²) in [4.78, 5) is 11.9. The molecular weight excluding hydrogens is 228 g/mol. The van der Waals surface area contributed by atoms with Crippen LogP contribution in [0.4, 0.5) is 0 Å². The molecule has 1 aliphatic rings. The largest absolute Gasteiger partial charge is 0.388 e. The van der Waals surface area contributed by atoms with Gasteiger partial charge in [0.2, 0.25) is 5.91 Å². The van der Waals surface area contributed by atoms with Crippen molar-refractivity contribution in [1.82, 2.24) is 5.32 Å². The summed E-state index contributed by atoms with van der Waals surface area (Å²) >= 11 is 0. The Morgan fingerprint density at radius 3 is 2.56 bits per heavy atom. The van der Waals surface area contributed by atoms with Gasteiger partial charge in [-0.15, -0.1) is 0 Å². The van der Waals surface area contributed by atoms with E-state index in [-0.39, 0.29) is 11.4 Å². The van der Waals surface area contributed by atoms with E-state index in [4.69, 9.17) is 5.73 Å². The molecule has 18 heavy (non-hydrogen) atoms. The van der Waals surface area contributed by atoms with Gasteiger partial charge in [-0.2, -0.15) is 0 Å². The fraction of sp³-hybridized carbons (Fsp3) is 0.929. The fourth-order valence-electron chi connectivity index (χ4n) is 2.73. The molecule has 1 rings (SSSR count). The normalized spacial score (nSPS) is 22.2. The molecule has 106 valence electrons. The van der Waals surface area contributed by atoms with Crippen molar-refractivity contribution in [2.24, 2.45) is 5.73 Å². The summed E-state index contributed by atoms with van der Waals surface area (Å²) in [5, 5.41) is 12.8. The first-order valence-corrected chi connectivity index (χ1v) is 7.15. The molecule has 0 spiro atoms. The highest BCUT2D eigenvalue weighted by Crippen LogP contribution is 2.28. The molecule has 0 aliphatic heterocycles. The van der Waals surface area contributed by atoms with E-state index in [0.717, 1.165) is 32.1 Å².